The van der Waals surface area contributed by atoms with Crippen molar-refractivity contribution in [3.63, 3.8) is 0 Å². The second-order valence-corrected chi connectivity index (χ2v) is 5.00. The first-order valence-corrected chi connectivity index (χ1v) is 6.02. The summed E-state index contributed by atoms with van der Waals surface area (Å²) in [6.07, 6.45) is 0.278. The van der Waals surface area contributed by atoms with Gasteiger partial charge in [0.15, 0.2) is 0 Å². The van der Waals surface area contributed by atoms with E-state index in [-0.39, 0.29) is 18.5 Å². The summed E-state index contributed by atoms with van der Waals surface area (Å²) >= 11 is 0. The van der Waals surface area contributed by atoms with Gasteiger partial charge in [-0.1, -0.05) is 36.9 Å². The van der Waals surface area contributed by atoms with Crippen LogP contribution in [0.4, 0.5) is 0 Å². The molecular weight excluding hydrogens is 262 g/mol. The summed E-state index contributed by atoms with van der Waals surface area (Å²) in [5.74, 6) is -0.396. The normalized spacial score (nSPS) is 14.7. The number of halogens is 1. The Bertz CT molecular complexity index is 429. The van der Waals surface area contributed by atoms with Crippen molar-refractivity contribution < 1.29 is 9.53 Å². The minimum Gasteiger partial charge on any atom is -0.457 e. The molecule has 0 bridgehead atoms. The zero-order valence-electron chi connectivity index (χ0n) is 11.7. The lowest BCUT2D eigenvalue weighted by Gasteiger charge is -2.31. The molecule has 2 N–H and O–H groups in total. The van der Waals surface area contributed by atoms with Crippen molar-refractivity contribution in [1.82, 2.24) is 0 Å². The predicted octanol–water partition coefficient (Wildman–Crippen LogP) is 2.88. The van der Waals surface area contributed by atoms with Gasteiger partial charge in [-0.2, -0.15) is 0 Å². The lowest BCUT2D eigenvalue weighted by atomic mass is 9.89. The molecule has 0 fully saturated rings. The topological polar surface area (TPSA) is 52.3 Å². The van der Waals surface area contributed by atoms with E-state index in [1.54, 1.807) is 6.92 Å². The maximum atomic E-state index is 11.5. The minimum atomic E-state index is -0.605. The summed E-state index contributed by atoms with van der Waals surface area (Å²) in [5.41, 5.74) is 7.14. The van der Waals surface area contributed by atoms with Crippen LogP contribution in [0.2, 0.25) is 0 Å². The van der Waals surface area contributed by atoms with E-state index in [0.29, 0.717) is 12.0 Å². The monoisotopic (exact) mass is 283 g/mol. The lowest BCUT2D eigenvalue weighted by molar-refractivity contribution is -0.146. The van der Waals surface area contributed by atoms with Crippen LogP contribution in [0, 0.1) is 0 Å². The number of rotatable bonds is 5. The van der Waals surface area contributed by atoms with Crippen LogP contribution in [-0.2, 0) is 16.0 Å². The Morgan fingerprint density at radius 1 is 1.42 bits per heavy atom. The van der Waals surface area contributed by atoms with Crippen LogP contribution in [0.1, 0.15) is 26.3 Å². The molecule has 0 aliphatic carbocycles. The number of carbonyl (C=O) groups excluding carboxylic acids is 1. The fourth-order valence-electron chi connectivity index (χ4n) is 1.58. The van der Waals surface area contributed by atoms with Gasteiger partial charge in [0, 0.05) is 5.57 Å². The molecule has 4 heteroatoms. The van der Waals surface area contributed by atoms with Gasteiger partial charge in [-0.25, -0.2) is 4.79 Å². The number of nitrogens with two attached hydrogens (primary N) is 1. The first-order valence-electron chi connectivity index (χ1n) is 6.02. The molecule has 0 saturated carbocycles. The van der Waals surface area contributed by atoms with Gasteiger partial charge in [0.05, 0.1) is 5.54 Å². The van der Waals surface area contributed by atoms with Crippen LogP contribution in [0.5, 0.6) is 0 Å². The molecule has 0 aliphatic rings. The Hall–Kier alpha value is -1.32. The molecular formula is C15H22ClNO2. The molecule has 1 aromatic carbocycles. The van der Waals surface area contributed by atoms with Gasteiger partial charge in [-0.3, -0.25) is 0 Å². The largest absolute Gasteiger partial charge is 0.457 e. The Labute approximate surface area is 121 Å². The van der Waals surface area contributed by atoms with Gasteiger partial charge < -0.3 is 10.5 Å². The van der Waals surface area contributed by atoms with Crippen molar-refractivity contribution in [2.75, 3.05) is 0 Å². The van der Waals surface area contributed by atoms with Crippen LogP contribution in [-0.4, -0.2) is 17.6 Å². The molecule has 0 radical (unpaired) electrons. The summed E-state index contributed by atoms with van der Waals surface area (Å²) in [6.45, 7) is 8.88. The lowest BCUT2D eigenvalue weighted by Crippen LogP contribution is -2.50. The maximum Gasteiger partial charge on any atom is 0.333 e. The van der Waals surface area contributed by atoms with Crippen molar-refractivity contribution in [2.24, 2.45) is 5.73 Å². The van der Waals surface area contributed by atoms with Gasteiger partial charge in [-0.15, -0.1) is 12.4 Å². The average Bonchev–Trinajstić information content (AvgIpc) is 2.29. The van der Waals surface area contributed by atoms with Gasteiger partial charge in [0.25, 0.3) is 0 Å². The van der Waals surface area contributed by atoms with Gasteiger partial charge >= 0.3 is 5.97 Å². The first kappa shape index (κ1) is 17.7. The van der Waals surface area contributed by atoms with Gasteiger partial charge in [0.2, 0.25) is 0 Å². The highest BCUT2D eigenvalue weighted by atomic mass is 35.5. The third kappa shape index (κ3) is 5.45. The van der Waals surface area contributed by atoms with Crippen LogP contribution in [0.15, 0.2) is 42.5 Å². The predicted molar refractivity (Wildman–Crippen MR) is 80.4 cm³/mol. The van der Waals surface area contributed by atoms with Crippen LogP contribution >= 0.6 is 12.4 Å². The molecule has 106 valence electrons. The standard InChI is InChI=1S/C15H21NO2.ClH/c1-11(2)14(17)18-12(3)15(4,16)10-13-8-6-5-7-9-13;/h5-9,12H,1,10,16H2,2-4H3;1H. The number of hydrogen-bond acceptors (Lipinski definition) is 3. The molecule has 0 saturated heterocycles. The van der Waals surface area contributed by atoms with E-state index in [2.05, 4.69) is 6.58 Å². The van der Waals surface area contributed by atoms with E-state index in [1.165, 1.54) is 0 Å². The maximum absolute atomic E-state index is 11.5. The third-order valence-electron chi connectivity index (χ3n) is 2.99. The highest BCUT2D eigenvalue weighted by molar-refractivity contribution is 5.87. The van der Waals surface area contributed by atoms with Crippen LogP contribution < -0.4 is 5.73 Å². The highest BCUT2D eigenvalue weighted by Gasteiger charge is 2.30. The molecule has 0 aromatic heterocycles. The van der Waals surface area contributed by atoms with Crippen molar-refractivity contribution >= 4 is 18.4 Å². The Kier molecular flexibility index (Phi) is 6.81. The van der Waals surface area contributed by atoms with E-state index < -0.39 is 11.5 Å². The van der Waals surface area contributed by atoms with Gasteiger partial charge in [-0.05, 0) is 32.8 Å². The molecule has 2 unspecified atom stereocenters. The van der Waals surface area contributed by atoms with Crippen molar-refractivity contribution in [3.05, 3.63) is 48.0 Å². The summed E-state index contributed by atoms with van der Waals surface area (Å²) in [7, 11) is 0. The molecule has 1 aromatic rings. The quantitative estimate of drug-likeness (QED) is 0.668. The highest BCUT2D eigenvalue weighted by Crippen LogP contribution is 2.17. The number of hydrogen-bond donors (Lipinski definition) is 1. The van der Waals surface area contributed by atoms with E-state index in [9.17, 15) is 4.79 Å². The van der Waals surface area contributed by atoms with E-state index in [0.717, 1.165) is 5.56 Å². The van der Waals surface area contributed by atoms with Crippen LogP contribution in [0.3, 0.4) is 0 Å². The zero-order chi connectivity index (χ0) is 13.8. The SMILES string of the molecule is C=C(C)C(=O)OC(C)C(C)(N)Cc1ccccc1.Cl. The summed E-state index contributed by atoms with van der Waals surface area (Å²) in [6, 6.07) is 9.92. The molecule has 19 heavy (non-hydrogen) atoms. The van der Waals surface area contributed by atoms with E-state index in [4.69, 9.17) is 10.5 Å². The Balaban J connectivity index is 0.00000324. The van der Waals surface area contributed by atoms with Gasteiger partial charge in [0.1, 0.15) is 6.10 Å². The smallest absolute Gasteiger partial charge is 0.333 e. The third-order valence-corrected chi connectivity index (χ3v) is 2.99. The number of carbonyl (C=O) groups is 1. The zero-order valence-corrected chi connectivity index (χ0v) is 12.5. The number of ether oxygens (including phenoxy) is 1. The second kappa shape index (κ2) is 7.31. The minimum absolute atomic E-state index is 0. The second-order valence-electron chi connectivity index (χ2n) is 5.00. The van der Waals surface area contributed by atoms with Crippen LogP contribution in [0.25, 0.3) is 0 Å². The Morgan fingerprint density at radius 2 is 1.95 bits per heavy atom. The van der Waals surface area contributed by atoms with Crippen molar-refractivity contribution in [3.8, 4) is 0 Å². The average molecular weight is 284 g/mol. The first-order chi connectivity index (χ1) is 8.33. The summed E-state index contributed by atoms with van der Waals surface area (Å²) in [4.78, 5) is 11.5. The fraction of sp³-hybridized carbons (Fsp3) is 0.400. The van der Waals surface area contributed by atoms with Crippen molar-refractivity contribution in [2.45, 2.75) is 38.8 Å². The molecule has 1 rings (SSSR count). The molecule has 0 aliphatic heterocycles. The fourth-order valence-corrected chi connectivity index (χ4v) is 1.58. The van der Waals surface area contributed by atoms with E-state index in [1.807, 2.05) is 44.2 Å². The summed E-state index contributed by atoms with van der Waals surface area (Å²) in [5, 5.41) is 0. The molecule has 0 spiro atoms. The molecule has 3 nitrogen and oxygen atoms in total. The Morgan fingerprint density at radius 3 is 2.42 bits per heavy atom. The molecule has 0 heterocycles. The molecule has 0 amide bonds. The summed E-state index contributed by atoms with van der Waals surface area (Å²) < 4.78 is 5.29. The van der Waals surface area contributed by atoms with E-state index >= 15 is 0 Å². The van der Waals surface area contributed by atoms with Crippen molar-refractivity contribution in [1.29, 1.82) is 0 Å². The molecule has 2 atom stereocenters. The number of benzene rings is 1. The number of esters is 1.